The van der Waals surface area contributed by atoms with Gasteiger partial charge in [-0.2, -0.15) is 10.5 Å². The third kappa shape index (κ3) is 2.80. The van der Waals surface area contributed by atoms with Gasteiger partial charge in [0.05, 0.1) is 16.6 Å². The predicted octanol–water partition coefficient (Wildman–Crippen LogP) is 3.11. The van der Waals surface area contributed by atoms with Gasteiger partial charge < -0.3 is 4.90 Å². The van der Waals surface area contributed by atoms with E-state index in [1.54, 1.807) is 36.2 Å². The number of benzene rings is 2. The summed E-state index contributed by atoms with van der Waals surface area (Å²) in [6.45, 7) is 0. The van der Waals surface area contributed by atoms with Crippen LogP contribution in [0.15, 0.2) is 42.5 Å². The fourth-order valence-corrected chi connectivity index (χ4v) is 1.91. The Morgan fingerprint density at radius 2 is 1.81 bits per heavy atom. The van der Waals surface area contributed by atoms with Crippen molar-refractivity contribution in [3.8, 4) is 12.1 Å². The molecule has 0 radical (unpaired) electrons. The highest BCUT2D eigenvalue weighted by Crippen LogP contribution is 2.28. The summed E-state index contributed by atoms with van der Waals surface area (Å²) < 4.78 is 0. The van der Waals surface area contributed by atoms with Gasteiger partial charge in [0.15, 0.2) is 0 Å². The van der Waals surface area contributed by atoms with Gasteiger partial charge in [-0.15, -0.1) is 0 Å². The Labute approximate surface area is 121 Å². The second-order valence-corrected chi connectivity index (χ2v) is 4.29. The fraction of sp³-hybridized carbons (Fsp3) is 0.0667. The van der Waals surface area contributed by atoms with Crippen LogP contribution in [0.3, 0.4) is 0 Å². The first-order valence-corrected chi connectivity index (χ1v) is 5.99. The zero-order valence-corrected chi connectivity index (χ0v) is 11.1. The molecule has 0 unspecified atom stereocenters. The topological polar surface area (TPSA) is 94.0 Å². The molecule has 0 saturated heterocycles. The molecule has 0 spiro atoms. The highest BCUT2D eigenvalue weighted by Gasteiger charge is 2.15. The summed E-state index contributed by atoms with van der Waals surface area (Å²) in [4.78, 5) is 12.0. The molecule has 0 aromatic heterocycles. The normalized spacial score (nSPS) is 9.48. The minimum absolute atomic E-state index is 0.000729. The molecular formula is C15H10N4O2. The average molecular weight is 278 g/mol. The van der Waals surface area contributed by atoms with Crippen molar-refractivity contribution in [1.29, 1.82) is 10.5 Å². The van der Waals surface area contributed by atoms with E-state index >= 15 is 0 Å². The lowest BCUT2D eigenvalue weighted by molar-refractivity contribution is -0.385. The van der Waals surface area contributed by atoms with Crippen LogP contribution in [0, 0.1) is 32.8 Å². The number of anilines is 2. The Morgan fingerprint density at radius 3 is 2.43 bits per heavy atom. The number of hydrogen-bond acceptors (Lipinski definition) is 5. The second-order valence-electron chi connectivity index (χ2n) is 4.29. The van der Waals surface area contributed by atoms with Crippen molar-refractivity contribution < 1.29 is 4.92 Å². The lowest BCUT2D eigenvalue weighted by atomic mass is 10.1. The molecule has 102 valence electrons. The van der Waals surface area contributed by atoms with Crippen molar-refractivity contribution in [3.05, 3.63) is 63.7 Å². The van der Waals surface area contributed by atoms with Crippen LogP contribution in [0.2, 0.25) is 0 Å². The Bertz CT molecular complexity index is 787. The maximum Gasteiger partial charge on any atom is 0.287 e. The van der Waals surface area contributed by atoms with Gasteiger partial charge in [0.2, 0.25) is 0 Å². The summed E-state index contributed by atoms with van der Waals surface area (Å²) in [5.41, 5.74) is 1.68. The molecule has 0 atom stereocenters. The summed E-state index contributed by atoms with van der Waals surface area (Å²) in [5, 5.41) is 28.7. The maximum atomic E-state index is 10.8. The Balaban J connectivity index is 2.44. The van der Waals surface area contributed by atoms with E-state index < -0.39 is 4.92 Å². The minimum Gasteiger partial charge on any atom is -0.345 e. The van der Waals surface area contributed by atoms with Crippen molar-refractivity contribution in [2.24, 2.45) is 0 Å². The maximum absolute atomic E-state index is 10.8. The average Bonchev–Trinajstić information content (AvgIpc) is 2.53. The summed E-state index contributed by atoms with van der Waals surface area (Å²) >= 11 is 0. The molecule has 0 aliphatic carbocycles. The third-order valence-electron chi connectivity index (χ3n) is 3.05. The molecule has 2 rings (SSSR count). The first-order chi connectivity index (χ1) is 10.1. The number of nitriles is 2. The highest BCUT2D eigenvalue weighted by molar-refractivity contribution is 5.68. The lowest BCUT2D eigenvalue weighted by Crippen LogP contribution is -2.10. The highest BCUT2D eigenvalue weighted by atomic mass is 16.6. The summed E-state index contributed by atoms with van der Waals surface area (Å²) in [6, 6.07) is 15.2. The summed E-state index contributed by atoms with van der Waals surface area (Å²) in [5.74, 6) is 0. The van der Waals surface area contributed by atoms with Crippen LogP contribution in [0.5, 0.6) is 0 Å². The molecule has 0 amide bonds. The molecular weight excluding hydrogens is 268 g/mol. The lowest BCUT2D eigenvalue weighted by Gasteiger charge is -2.19. The van der Waals surface area contributed by atoms with Gasteiger partial charge in [0.25, 0.3) is 5.69 Å². The predicted molar refractivity (Wildman–Crippen MR) is 77.0 cm³/mol. The molecule has 0 heterocycles. The van der Waals surface area contributed by atoms with Gasteiger partial charge in [-0.05, 0) is 30.3 Å². The number of rotatable bonds is 3. The van der Waals surface area contributed by atoms with Crippen molar-refractivity contribution in [1.82, 2.24) is 0 Å². The van der Waals surface area contributed by atoms with E-state index in [-0.39, 0.29) is 11.3 Å². The Hall–Kier alpha value is -3.38. The standard InChI is InChI=1S/C15H10N4O2/c1-18(13-4-2-3-11(7-13)9-16)14-5-6-15(19(20)21)12(8-14)10-17/h2-8H,1H3. The molecule has 0 aliphatic heterocycles. The molecule has 6 heteroatoms. The van der Waals surface area contributed by atoms with E-state index in [0.717, 1.165) is 5.69 Å². The van der Waals surface area contributed by atoms with Gasteiger partial charge >= 0.3 is 0 Å². The van der Waals surface area contributed by atoms with E-state index in [1.807, 2.05) is 12.1 Å². The zero-order valence-electron chi connectivity index (χ0n) is 11.1. The van der Waals surface area contributed by atoms with E-state index in [4.69, 9.17) is 10.5 Å². The Morgan fingerprint density at radius 1 is 1.10 bits per heavy atom. The molecule has 6 nitrogen and oxygen atoms in total. The van der Waals surface area contributed by atoms with Crippen LogP contribution < -0.4 is 4.90 Å². The number of nitro groups is 1. The fourth-order valence-electron chi connectivity index (χ4n) is 1.91. The van der Waals surface area contributed by atoms with Crippen LogP contribution in [0.1, 0.15) is 11.1 Å². The minimum atomic E-state index is -0.585. The van der Waals surface area contributed by atoms with Crippen molar-refractivity contribution >= 4 is 17.1 Å². The van der Waals surface area contributed by atoms with Gasteiger partial charge in [-0.1, -0.05) is 6.07 Å². The Kier molecular flexibility index (Phi) is 3.83. The molecule has 0 saturated carbocycles. The third-order valence-corrected chi connectivity index (χ3v) is 3.05. The van der Waals surface area contributed by atoms with Crippen LogP contribution in [0.25, 0.3) is 0 Å². The van der Waals surface area contributed by atoms with Crippen LogP contribution >= 0.6 is 0 Å². The van der Waals surface area contributed by atoms with Crippen LogP contribution in [-0.2, 0) is 0 Å². The van der Waals surface area contributed by atoms with E-state index in [2.05, 4.69) is 6.07 Å². The van der Waals surface area contributed by atoms with E-state index in [0.29, 0.717) is 11.3 Å². The van der Waals surface area contributed by atoms with Gasteiger partial charge in [0.1, 0.15) is 11.6 Å². The zero-order chi connectivity index (χ0) is 15.4. The van der Waals surface area contributed by atoms with Crippen molar-refractivity contribution in [2.75, 3.05) is 11.9 Å². The SMILES string of the molecule is CN(c1cccc(C#N)c1)c1ccc([N+](=O)[O-])c(C#N)c1. The van der Waals surface area contributed by atoms with Crippen LogP contribution in [0.4, 0.5) is 17.1 Å². The molecule has 0 aliphatic rings. The summed E-state index contributed by atoms with van der Waals surface area (Å²) in [6.07, 6.45) is 0. The number of nitrogens with zero attached hydrogens (tertiary/aromatic N) is 4. The molecule has 0 N–H and O–H groups in total. The van der Waals surface area contributed by atoms with Crippen molar-refractivity contribution in [2.45, 2.75) is 0 Å². The van der Waals surface area contributed by atoms with E-state index in [1.165, 1.54) is 12.1 Å². The smallest absolute Gasteiger partial charge is 0.287 e. The molecule has 2 aromatic carbocycles. The molecule has 0 fully saturated rings. The summed E-state index contributed by atoms with van der Waals surface area (Å²) in [7, 11) is 1.76. The van der Waals surface area contributed by atoms with E-state index in [9.17, 15) is 10.1 Å². The first-order valence-electron chi connectivity index (χ1n) is 5.99. The number of nitro benzene ring substituents is 1. The molecule has 2 aromatic rings. The quantitative estimate of drug-likeness (QED) is 0.635. The monoisotopic (exact) mass is 278 g/mol. The van der Waals surface area contributed by atoms with Gasteiger partial charge in [0, 0.05) is 24.5 Å². The second kappa shape index (κ2) is 5.72. The van der Waals surface area contributed by atoms with Gasteiger partial charge in [-0.3, -0.25) is 10.1 Å². The van der Waals surface area contributed by atoms with Gasteiger partial charge in [-0.25, -0.2) is 0 Å². The molecule has 21 heavy (non-hydrogen) atoms. The van der Waals surface area contributed by atoms with Crippen LogP contribution in [-0.4, -0.2) is 12.0 Å². The van der Waals surface area contributed by atoms with Crippen molar-refractivity contribution in [3.63, 3.8) is 0 Å². The number of hydrogen-bond donors (Lipinski definition) is 0. The molecule has 0 bridgehead atoms. The largest absolute Gasteiger partial charge is 0.345 e. The first kappa shape index (κ1) is 14.0.